The van der Waals surface area contributed by atoms with Crippen molar-refractivity contribution in [2.45, 2.75) is 13.1 Å². The van der Waals surface area contributed by atoms with Crippen LogP contribution in [0.25, 0.3) is 11.0 Å². The van der Waals surface area contributed by atoms with Crippen LogP contribution in [0.1, 0.15) is 17.3 Å². The van der Waals surface area contributed by atoms with Crippen LogP contribution in [0.5, 0.6) is 0 Å². The van der Waals surface area contributed by atoms with E-state index >= 15 is 0 Å². The molecule has 12 heteroatoms. The van der Waals surface area contributed by atoms with Crippen LogP contribution >= 0.6 is 0 Å². The Morgan fingerprint density at radius 1 is 1.16 bits per heavy atom. The standard InChI is InChI=1S/C19H16BF3N7O/c1-10-8-14(20-30-10)27-17(31)11-2-4-12(5-3-11)26-18-28-15-13(6-7-24-15)16(29-18)25-9-19(21,22)23/h2-8H,9H2,1H3,(H,27,31)(H3,24,25,26,28,29). The van der Waals surface area contributed by atoms with Gasteiger partial charge in [-0.1, -0.05) is 0 Å². The molecule has 1 aromatic carbocycles. The zero-order chi connectivity index (χ0) is 22.0. The first-order valence-electron chi connectivity index (χ1n) is 9.20. The third-order valence-corrected chi connectivity index (χ3v) is 4.30. The highest BCUT2D eigenvalue weighted by Gasteiger charge is 2.27. The summed E-state index contributed by atoms with van der Waals surface area (Å²) in [5.41, 5.74) is 2.79. The summed E-state index contributed by atoms with van der Waals surface area (Å²) >= 11 is 0. The Labute approximate surface area is 175 Å². The monoisotopic (exact) mass is 426 g/mol. The molecule has 0 saturated carbocycles. The molecular formula is C19H16BF3N7O. The number of allylic oxidation sites excluding steroid dienone is 1. The third-order valence-electron chi connectivity index (χ3n) is 4.30. The lowest BCUT2D eigenvalue weighted by molar-refractivity contribution is -0.115. The number of benzene rings is 1. The number of amides is 1. The number of nitrogens with zero attached hydrogens (tertiary/aromatic N) is 3. The number of alkyl halides is 3. The maximum absolute atomic E-state index is 12.6. The minimum Gasteiger partial charge on any atom is -0.360 e. The highest BCUT2D eigenvalue weighted by atomic mass is 19.4. The van der Waals surface area contributed by atoms with Gasteiger partial charge in [-0.2, -0.15) is 23.1 Å². The van der Waals surface area contributed by atoms with Gasteiger partial charge in [-0.3, -0.25) is 4.79 Å². The van der Waals surface area contributed by atoms with Crippen molar-refractivity contribution in [2.24, 2.45) is 4.90 Å². The number of carbonyl (C=O) groups is 1. The zero-order valence-electron chi connectivity index (χ0n) is 16.2. The van der Waals surface area contributed by atoms with Crippen LogP contribution in [-0.4, -0.2) is 46.7 Å². The number of rotatable bonds is 6. The fourth-order valence-corrected chi connectivity index (χ4v) is 2.89. The summed E-state index contributed by atoms with van der Waals surface area (Å²) < 4.78 is 37.8. The maximum atomic E-state index is 12.6. The molecule has 4 N–H and O–H groups in total. The minimum atomic E-state index is -4.38. The molecule has 0 saturated heterocycles. The maximum Gasteiger partial charge on any atom is 0.405 e. The largest absolute Gasteiger partial charge is 0.405 e. The number of hydrogen-bond donors (Lipinski definition) is 4. The predicted molar refractivity (Wildman–Crippen MR) is 113 cm³/mol. The average molecular weight is 426 g/mol. The smallest absolute Gasteiger partial charge is 0.360 e. The predicted octanol–water partition coefficient (Wildman–Crippen LogP) is 3.34. The van der Waals surface area contributed by atoms with Gasteiger partial charge in [0.2, 0.25) is 5.95 Å². The van der Waals surface area contributed by atoms with E-state index in [1.54, 1.807) is 50.0 Å². The topological polar surface area (TPSA) is 107 Å². The lowest BCUT2D eigenvalue weighted by Gasteiger charge is -2.12. The molecule has 1 aliphatic heterocycles. The SMILES string of the molecule is CC1=N[B]C(NC(=O)c2ccc(Nc3nc(NCC(F)(F)F)c4cc[nH]c4n3)cc2)=C1. The molecule has 1 aliphatic rings. The summed E-state index contributed by atoms with van der Waals surface area (Å²) in [4.78, 5) is 27.7. The number of H-pyrrole nitrogens is 1. The molecule has 0 atom stereocenters. The van der Waals surface area contributed by atoms with E-state index in [2.05, 4.69) is 35.8 Å². The molecule has 0 unspecified atom stereocenters. The van der Waals surface area contributed by atoms with Crippen molar-refractivity contribution >= 4 is 47.5 Å². The van der Waals surface area contributed by atoms with Gasteiger partial charge in [-0.05, 0) is 43.3 Å². The number of aromatic nitrogens is 3. The van der Waals surface area contributed by atoms with Crippen LogP contribution in [0.3, 0.4) is 0 Å². The van der Waals surface area contributed by atoms with Crippen molar-refractivity contribution in [1.82, 2.24) is 20.3 Å². The Hall–Kier alpha value is -3.83. The van der Waals surface area contributed by atoms with Gasteiger partial charge in [0, 0.05) is 28.8 Å². The highest BCUT2D eigenvalue weighted by Crippen LogP contribution is 2.25. The molecular weight excluding hydrogens is 410 g/mol. The van der Waals surface area contributed by atoms with Gasteiger partial charge in [-0.15, -0.1) is 0 Å². The van der Waals surface area contributed by atoms with Crippen LogP contribution in [0, 0.1) is 0 Å². The zero-order valence-corrected chi connectivity index (χ0v) is 16.2. The molecule has 31 heavy (non-hydrogen) atoms. The van der Waals surface area contributed by atoms with Crippen molar-refractivity contribution in [3.05, 3.63) is 53.8 Å². The Balaban J connectivity index is 1.47. The third kappa shape index (κ3) is 5.02. The van der Waals surface area contributed by atoms with E-state index in [4.69, 9.17) is 0 Å². The van der Waals surface area contributed by atoms with Gasteiger partial charge in [0.15, 0.2) is 0 Å². The molecule has 3 aromatic rings. The van der Waals surface area contributed by atoms with Crippen LogP contribution in [0.4, 0.5) is 30.6 Å². The number of nitrogens with one attached hydrogen (secondary N) is 4. The van der Waals surface area contributed by atoms with E-state index in [-0.39, 0.29) is 17.7 Å². The summed E-state index contributed by atoms with van der Waals surface area (Å²) in [5.74, 6) is -0.127. The van der Waals surface area contributed by atoms with Crippen molar-refractivity contribution in [1.29, 1.82) is 0 Å². The van der Waals surface area contributed by atoms with Gasteiger partial charge in [0.25, 0.3) is 5.91 Å². The molecule has 0 spiro atoms. The first-order chi connectivity index (χ1) is 14.8. The van der Waals surface area contributed by atoms with Gasteiger partial charge >= 0.3 is 13.6 Å². The average Bonchev–Trinajstić information content (AvgIpc) is 3.35. The van der Waals surface area contributed by atoms with Gasteiger partial charge < -0.3 is 25.8 Å². The highest BCUT2D eigenvalue weighted by molar-refractivity contribution is 6.50. The van der Waals surface area contributed by atoms with Crippen LogP contribution < -0.4 is 16.0 Å². The van der Waals surface area contributed by atoms with E-state index in [0.29, 0.717) is 27.9 Å². The Bertz CT molecular complexity index is 1190. The summed E-state index contributed by atoms with van der Waals surface area (Å²) in [6.45, 7) is 0.610. The number of halogens is 3. The molecule has 2 aromatic heterocycles. The van der Waals surface area contributed by atoms with Crippen molar-refractivity contribution in [3.8, 4) is 0 Å². The second kappa shape index (κ2) is 8.13. The molecule has 0 bridgehead atoms. The van der Waals surface area contributed by atoms with Crippen molar-refractivity contribution in [2.75, 3.05) is 17.2 Å². The Kier molecular flexibility index (Phi) is 5.36. The van der Waals surface area contributed by atoms with Gasteiger partial charge in [0.05, 0.1) is 5.39 Å². The number of anilines is 3. The molecule has 8 nitrogen and oxygen atoms in total. The van der Waals surface area contributed by atoms with E-state index < -0.39 is 12.7 Å². The molecule has 0 fully saturated rings. The van der Waals surface area contributed by atoms with Gasteiger partial charge in [0.1, 0.15) is 18.0 Å². The second-order valence-corrected chi connectivity index (χ2v) is 6.76. The summed E-state index contributed by atoms with van der Waals surface area (Å²) in [6.07, 6.45) is -1.06. The summed E-state index contributed by atoms with van der Waals surface area (Å²) in [5, 5.41) is 8.42. The normalized spacial score (nSPS) is 13.4. The molecule has 157 valence electrons. The molecule has 1 radical (unpaired) electrons. The second-order valence-electron chi connectivity index (χ2n) is 6.76. The van der Waals surface area contributed by atoms with Crippen LogP contribution in [0.2, 0.25) is 0 Å². The first-order valence-corrected chi connectivity index (χ1v) is 9.20. The fourth-order valence-electron chi connectivity index (χ4n) is 2.89. The summed E-state index contributed by atoms with van der Waals surface area (Å²) in [6, 6.07) is 8.10. The molecule has 3 heterocycles. The van der Waals surface area contributed by atoms with E-state index in [0.717, 1.165) is 5.71 Å². The van der Waals surface area contributed by atoms with E-state index in [1.165, 1.54) is 0 Å². The van der Waals surface area contributed by atoms with E-state index in [9.17, 15) is 18.0 Å². The lowest BCUT2D eigenvalue weighted by atomic mass is 9.92. The number of hydrogen-bond acceptors (Lipinski definition) is 6. The van der Waals surface area contributed by atoms with E-state index in [1.807, 2.05) is 6.92 Å². The van der Waals surface area contributed by atoms with Crippen molar-refractivity contribution < 1.29 is 18.0 Å². The summed E-state index contributed by atoms with van der Waals surface area (Å²) in [7, 11) is 1.57. The molecule has 0 aliphatic carbocycles. The number of aromatic amines is 1. The Morgan fingerprint density at radius 2 is 1.94 bits per heavy atom. The van der Waals surface area contributed by atoms with Crippen LogP contribution in [0.15, 0.2) is 53.1 Å². The molecule has 4 rings (SSSR count). The fraction of sp³-hybridized carbons (Fsp3) is 0.158. The Morgan fingerprint density at radius 3 is 2.61 bits per heavy atom. The first kappa shape index (κ1) is 20.4. The van der Waals surface area contributed by atoms with Crippen molar-refractivity contribution in [3.63, 3.8) is 0 Å². The lowest BCUT2D eigenvalue weighted by Crippen LogP contribution is -2.24. The minimum absolute atomic E-state index is 0.0562. The quantitative estimate of drug-likeness (QED) is 0.453. The van der Waals surface area contributed by atoms with Gasteiger partial charge in [-0.25, -0.2) is 0 Å². The number of fused-ring (bicyclic) bond motifs is 1. The van der Waals surface area contributed by atoms with Crippen LogP contribution in [-0.2, 0) is 0 Å². The molecule has 1 amide bonds. The number of carbonyl (C=O) groups excluding carboxylic acids is 1.